The molecule has 1 aliphatic rings. The average Bonchev–Trinajstić information content (AvgIpc) is 2.70. The Morgan fingerprint density at radius 3 is 2.39 bits per heavy atom. The van der Waals surface area contributed by atoms with Crippen molar-refractivity contribution in [2.75, 3.05) is 18.5 Å². The SMILES string of the molecule is CCOc1ccc(NC(=O)c2ccc(S(=O)(=O)N3CCCC[C@H]3C)cc2)cc1. The molecular weight excluding hydrogens is 376 g/mol. The van der Waals surface area contributed by atoms with Gasteiger partial charge in [-0.25, -0.2) is 8.42 Å². The van der Waals surface area contributed by atoms with Gasteiger partial charge in [0.15, 0.2) is 0 Å². The van der Waals surface area contributed by atoms with E-state index < -0.39 is 10.0 Å². The number of sulfonamides is 1. The molecule has 0 radical (unpaired) electrons. The lowest BCUT2D eigenvalue weighted by molar-refractivity contribution is 0.102. The fourth-order valence-corrected chi connectivity index (χ4v) is 5.05. The summed E-state index contributed by atoms with van der Waals surface area (Å²) in [6.45, 7) is 4.97. The van der Waals surface area contributed by atoms with Crippen molar-refractivity contribution in [3.8, 4) is 5.75 Å². The van der Waals surface area contributed by atoms with Crippen molar-refractivity contribution >= 4 is 21.6 Å². The topological polar surface area (TPSA) is 75.7 Å². The summed E-state index contributed by atoms with van der Waals surface area (Å²) in [6, 6.07) is 13.2. The lowest BCUT2D eigenvalue weighted by Gasteiger charge is -2.32. The molecule has 0 aliphatic carbocycles. The molecule has 0 saturated carbocycles. The van der Waals surface area contributed by atoms with E-state index in [-0.39, 0.29) is 16.8 Å². The van der Waals surface area contributed by atoms with Crippen LogP contribution in [0.3, 0.4) is 0 Å². The number of hydrogen-bond acceptors (Lipinski definition) is 4. The Morgan fingerprint density at radius 1 is 1.11 bits per heavy atom. The van der Waals surface area contributed by atoms with Crippen LogP contribution in [0.5, 0.6) is 5.75 Å². The lowest BCUT2D eigenvalue weighted by Crippen LogP contribution is -2.41. The minimum absolute atomic E-state index is 0.00128. The highest BCUT2D eigenvalue weighted by molar-refractivity contribution is 7.89. The Labute approximate surface area is 166 Å². The molecule has 0 spiro atoms. The van der Waals surface area contributed by atoms with Crippen LogP contribution in [0.1, 0.15) is 43.5 Å². The predicted molar refractivity (Wildman–Crippen MR) is 109 cm³/mol. The number of ether oxygens (including phenoxy) is 1. The highest BCUT2D eigenvalue weighted by Crippen LogP contribution is 2.25. The summed E-state index contributed by atoms with van der Waals surface area (Å²) >= 11 is 0. The van der Waals surface area contributed by atoms with Gasteiger partial charge in [-0.2, -0.15) is 4.31 Å². The number of anilines is 1. The van der Waals surface area contributed by atoms with Crippen molar-refractivity contribution in [3.63, 3.8) is 0 Å². The summed E-state index contributed by atoms with van der Waals surface area (Å²) < 4.78 is 32.7. The van der Waals surface area contributed by atoms with Crippen LogP contribution in [0.2, 0.25) is 0 Å². The van der Waals surface area contributed by atoms with Gasteiger partial charge >= 0.3 is 0 Å². The van der Waals surface area contributed by atoms with Crippen LogP contribution < -0.4 is 10.1 Å². The lowest BCUT2D eigenvalue weighted by atomic mass is 10.1. The first-order valence-electron chi connectivity index (χ1n) is 9.58. The molecule has 1 amide bonds. The Morgan fingerprint density at radius 2 is 1.79 bits per heavy atom. The van der Waals surface area contributed by atoms with Crippen LogP contribution in [0.25, 0.3) is 0 Å². The van der Waals surface area contributed by atoms with Crippen molar-refractivity contribution < 1.29 is 17.9 Å². The molecule has 3 rings (SSSR count). The normalized spacial score (nSPS) is 17.9. The van der Waals surface area contributed by atoms with Crippen molar-refractivity contribution in [1.82, 2.24) is 4.31 Å². The van der Waals surface area contributed by atoms with Crippen LogP contribution in [0.4, 0.5) is 5.69 Å². The molecule has 2 aromatic rings. The maximum absolute atomic E-state index is 12.9. The number of piperidine rings is 1. The number of hydrogen-bond donors (Lipinski definition) is 1. The molecule has 0 bridgehead atoms. The van der Waals surface area contributed by atoms with Gasteiger partial charge in [0.1, 0.15) is 5.75 Å². The predicted octanol–water partition coefficient (Wildman–Crippen LogP) is 3.90. The number of benzene rings is 2. The molecule has 6 nitrogen and oxygen atoms in total. The maximum Gasteiger partial charge on any atom is 0.255 e. The summed E-state index contributed by atoms with van der Waals surface area (Å²) in [4.78, 5) is 12.7. The van der Waals surface area contributed by atoms with Gasteiger partial charge in [0.25, 0.3) is 5.91 Å². The zero-order valence-electron chi connectivity index (χ0n) is 16.2. The van der Waals surface area contributed by atoms with Gasteiger partial charge in [0.2, 0.25) is 10.0 Å². The summed E-state index contributed by atoms with van der Waals surface area (Å²) in [5, 5.41) is 2.80. The molecular formula is C21H26N2O4S. The molecule has 1 fully saturated rings. The first-order chi connectivity index (χ1) is 13.4. The Hall–Kier alpha value is -2.38. The van der Waals surface area contributed by atoms with Crippen molar-refractivity contribution in [3.05, 3.63) is 54.1 Å². The zero-order chi connectivity index (χ0) is 20.1. The fourth-order valence-electron chi connectivity index (χ4n) is 3.35. The summed E-state index contributed by atoms with van der Waals surface area (Å²) in [5.74, 6) is 0.446. The number of rotatable bonds is 6. The van der Waals surface area contributed by atoms with Crippen molar-refractivity contribution in [2.45, 2.75) is 44.0 Å². The summed E-state index contributed by atoms with van der Waals surface area (Å²) in [6.07, 6.45) is 2.81. The van der Waals surface area contributed by atoms with E-state index in [9.17, 15) is 13.2 Å². The van der Waals surface area contributed by atoms with E-state index >= 15 is 0 Å². The maximum atomic E-state index is 12.9. The first kappa shape index (κ1) is 20.4. The van der Waals surface area contributed by atoms with Crippen LogP contribution in [-0.4, -0.2) is 37.8 Å². The molecule has 28 heavy (non-hydrogen) atoms. The zero-order valence-corrected chi connectivity index (χ0v) is 17.0. The third-order valence-corrected chi connectivity index (χ3v) is 6.92. The molecule has 1 N–H and O–H groups in total. The molecule has 0 aromatic heterocycles. The Bertz CT molecular complexity index is 908. The molecule has 1 aliphatic heterocycles. The van der Waals surface area contributed by atoms with Gasteiger partial charge in [-0.15, -0.1) is 0 Å². The third kappa shape index (κ3) is 4.54. The summed E-state index contributed by atoms with van der Waals surface area (Å²) in [5.41, 5.74) is 1.05. The second-order valence-electron chi connectivity index (χ2n) is 6.90. The van der Waals surface area contributed by atoms with E-state index in [0.717, 1.165) is 25.0 Å². The van der Waals surface area contributed by atoms with Crippen LogP contribution in [-0.2, 0) is 10.0 Å². The molecule has 7 heteroatoms. The largest absolute Gasteiger partial charge is 0.494 e. The highest BCUT2D eigenvalue weighted by atomic mass is 32.2. The second-order valence-corrected chi connectivity index (χ2v) is 8.79. The Balaban J connectivity index is 1.70. The average molecular weight is 403 g/mol. The van der Waals surface area contributed by atoms with E-state index in [4.69, 9.17) is 4.74 Å². The molecule has 1 heterocycles. The minimum atomic E-state index is -3.54. The van der Waals surface area contributed by atoms with Gasteiger partial charge < -0.3 is 10.1 Å². The molecule has 1 saturated heterocycles. The molecule has 2 aromatic carbocycles. The molecule has 150 valence electrons. The number of carbonyl (C=O) groups excluding carboxylic acids is 1. The number of nitrogens with zero attached hydrogens (tertiary/aromatic N) is 1. The highest BCUT2D eigenvalue weighted by Gasteiger charge is 2.30. The van der Waals surface area contributed by atoms with Gasteiger partial charge in [0, 0.05) is 23.8 Å². The third-order valence-electron chi connectivity index (χ3n) is 4.89. The smallest absolute Gasteiger partial charge is 0.255 e. The molecule has 0 unspecified atom stereocenters. The second kappa shape index (κ2) is 8.75. The first-order valence-corrected chi connectivity index (χ1v) is 11.0. The van der Waals surface area contributed by atoms with Crippen molar-refractivity contribution in [1.29, 1.82) is 0 Å². The van der Waals surface area contributed by atoms with E-state index in [2.05, 4.69) is 5.32 Å². The van der Waals surface area contributed by atoms with Crippen molar-refractivity contribution in [2.24, 2.45) is 0 Å². The number of nitrogens with one attached hydrogen (secondary N) is 1. The van der Waals surface area contributed by atoms with Gasteiger partial charge in [-0.05, 0) is 75.2 Å². The molecule has 1 atom stereocenters. The van der Waals surface area contributed by atoms with Gasteiger partial charge in [-0.3, -0.25) is 4.79 Å². The number of carbonyl (C=O) groups is 1. The van der Waals surface area contributed by atoms with Gasteiger partial charge in [0.05, 0.1) is 11.5 Å². The van der Waals surface area contributed by atoms with E-state index in [1.807, 2.05) is 13.8 Å². The number of amides is 1. The standard InChI is InChI=1S/C21H26N2O4S/c1-3-27-19-11-9-18(10-12-19)22-21(24)17-7-13-20(14-8-17)28(25,26)23-15-5-4-6-16(23)2/h7-14,16H,3-6,15H2,1-2H3,(H,22,24)/t16-/m1/s1. The van der Waals surface area contributed by atoms with Crippen LogP contribution in [0, 0.1) is 0 Å². The van der Waals surface area contributed by atoms with E-state index in [1.54, 1.807) is 40.7 Å². The Kier molecular flexibility index (Phi) is 6.36. The van der Waals surface area contributed by atoms with E-state index in [0.29, 0.717) is 24.4 Å². The van der Waals surface area contributed by atoms with Crippen LogP contribution >= 0.6 is 0 Å². The van der Waals surface area contributed by atoms with E-state index in [1.165, 1.54) is 12.1 Å². The monoisotopic (exact) mass is 402 g/mol. The quantitative estimate of drug-likeness (QED) is 0.795. The van der Waals surface area contributed by atoms with Crippen LogP contribution in [0.15, 0.2) is 53.4 Å². The van der Waals surface area contributed by atoms with Gasteiger partial charge in [-0.1, -0.05) is 6.42 Å². The summed E-state index contributed by atoms with van der Waals surface area (Å²) in [7, 11) is -3.54. The fraction of sp³-hybridized carbons (Fsp3) is 0.381. The minimum Gasteiger partial charge on any atom is -0.494 e.